The summed E-state index contributed by atoms with van der Waals surface area (Å²) < 4.78 is 5.45. The first-order chi connectivity index (χ1) is 17.9. The largest absolute Gasteiger partial charge is 0.494 e. The maximum Gasteiger partial charge on any atom is 0.259 e. The van der Waals surface area contributed by atoms with Crippen LogP contribution in [0.1, 0.15) is 52.3 Å². The van der Waals surface area contributed by atoms with Crippen molar-refractivity contribution in [1.29, 1.82) is 0 Å². The quantitative estimate of drug-likeness (QED) is 0.442. The number of rotatable bonds is 6. The minimum absolute atomic E-state index is 0.0159. The van der Waals surface area contributed by atoms with Crippen molar-refractivity contribution in [3.8, 4) is 16.9 Å². The first-order valence-corrected chi connectivity index (χ1v) is 13.4. The van der Waals surface area contributed by atoms with Gasteiger partial charge in [-0.1, -0.05) is 22.9 Å². The number of fused-ring (bicyclic) bond motifs is 1. The van der Waals surface area contributed by atoms with Crippen LogP contribution in [-0.4, -0.2) is 50.5 Å². The molecule has 1 aliphatic carbocycles. The van der Waals surface area contributed by atoms with E-state index in [1.165, 1.54) is 30.8 Å². The molecule has 3 aromatic rings. The monoisotopic (exact) mass is 541 g/mol. The highest BCUT2D eigenvalue weighted by Gasteiger charge is 2.34. The number of pyridine rings is 2. The summed E-state index contributed by atoms with van der Waals surface area (Å²) in [6, 6.07) is 3.47. The van der Waals surface area contributed by atoms with Crippen LogP contribution in [0.25, 0.3) is 11.1 Å². The molecule has 2 aliphatic rings. The van der Waals surface area contributed by atoms with Crippen molar-refractivity contribution in [2.24, 2.45) is 11.8 Å². The number of aliphatic hydroxyl groups excluding tert-OH is 1. The van der Waals surface area contributed by atoms with Crippen molar-refractivity contribution < 1.29 is 19.4 Å². The fourth-order valence-electron chi connectivity index (χ4n) is 5.02. The van der Waals surface area contributed by atoms with Crippen LogP contribution in [0.3, 0.4) is 0 Å². The molecule has 0 bridgehead atoms. The number of nitrogens with zero attached hydrogens (tertiary/aromatic N) is 4. The Morgan fingerprint density at radius 1 is 1.16 bits per heavy atom. The number of aliphatic hydroxyl groups is 1. The molecule has 2 N–H and O–H groups in total. The molecule has 3 aromatic heterocycles. The summed E-state index contributed by atoms with van der Waals surface area (Å²) in [6.45, 7) is 3.00. The summed E-state index contributed by atoms with van der Waals surface area (Å²) >= 11 is 7.52. The summed E-state index contributed by atoms with van der Waals surface area (Å²) in [6.07, 6.45) is 6.48. The van der Waals surface area contributed by atoms with E-state index in [9.17, 15) is 14.7 Å². The Hall–Kier alpha value is -3.08. The maximum absolute atomic E-state index is 13.3. The van der Waals surface area contributed by atoms with Crippen LogP contribution in [0.4, 0.5) is 5.13 Å². The average molecular weight is 542 g/mol. The maximum atomic E-state index is 13.3. The lowest BCUT2D eigenvalue weighted by Crippen LogP contribution is -2.34. The number of carbonyl (C=O) groups is 2. The number of anilines is 1. The van der Waals surface area contributed by atoms with Crippen molar-refractivity contribution in [3.05, 3.63) is 51.5 Å². The lowest BCUT2D eigenvalue weighted by atomic mass is 9.82. The Labute approximate surface area is 223 Å². The van der Waals surface area contributed by atoms with Crippen LogP contribution < -0.4 is 10.1 Å². The summed E-state index contributed by atoms with van der Waals surface area (Å²) in [5.74, 6) is 0.637. The summed E-state index contributed by atoms with van der Waals surface area (Å²) in [5.41, 5.74) is 3.19. The molecule has 0 atom stereocenters. The van der Waals surface area contributed by atoms with Crippen molar-refractivity contribution in [2.45, 2.75) is 45.7 Å². The minimum atomic E-state index is -0.349. The van der Waals surface area contributed by atoms with Gasteiger partial charge in [-0.05, 0) is 50.7 Å². The van der Waals surface area contributed by atoms with Crippen LogP contribution in [0.15, 0.2) is 24.5 Å². The van der Waals surface area contributed by atoms with Gasteiger partial charge in [0.2, 0.25) is 5.91 Å². The van der Waals surface area contributed by atoms with E-state index in [1.807, 2.05) is 17.9 Å². The van der Waals surface area contributed by atoms with Gasteiger partial charge in [0.15, 0.2) is 5.13 Å². The van der Waals surface area contributed by atoms with E-state index in [1.54, 1.807) is 6.07 Å². The number of nitrogens with one attached hydrogen (secondary N) is 1. The molecular weight excluding hydrogens is 514 g/mol. The molecule has 0 unspecified atom stereocenters. The van der Waals surface area contributed by atoms with E-state index >= 15 is 0 Å². The highest BCUT2D eigenvalue weighted by Crippen LogP contribution is 2.37. The van der Waals surface area contributed by atoms with Gasteiger partial charge in [-0.25, -0.2) is 9.97 Å². The zero-order valence-corrected chi connectivity index (χ0v) is 22.2. The molecule has 1 saturated carbocycles. The van der Waals surface area contributed by atoms with Crippen molar-refractivity contribution >= 4 is 39.9 Å². The van der Waals surface area contributed by atoms with Gasteiger partial charge >= 0.3 is 0 Å². The van der Waals surface area contributed by atoms with E-state index in [2.05, 4.69) is 20.3 Å². The molecular formula is C26H28ClN5O4S. The van der Waals surface area contributed by atoms with E-state index in [0.29, 0.717) is 46.6 Å². The smallest absolute Gasteiger partial charge is 0.259 e. The van der Waals surface area contributed by atoms with Crippen molar-refractivity contribution in [2.75, 3.05) is 19.0 Å². The second-order valence-corrected chi connectivity index (χ2v) is 11.0. The Bertz CT molecular complexity index is 1310. The molecule has 4 heterocycles. The van der Waals surface area contributed by atoms with E-state index in [-0.39, 0.29) is 29.5 Å². The van der Waals surface area contributed by atoms with Gasteiger partial charge in [0.05, 0.1) is 42.5 Å². The number of hydrogen-bond donors (Lipinski definition) is 2. The number of thiazole rings is 1. The number of carbonyl (C=O) groups excluding carboxylic acids is 2. The molecule has 0 radical (unpaired) electrons. The van der Waals surface area contributed by atoms with Gasteiger partial charge in [-0.15, -0.1) is 0 Å². The Morgan fingerprint density at radius 2 is 1.95 bits per heavy atom. The van der Waals surface area contributed by atoms with Crippen LogP contribution in [0, 0.1) is 18.8 Å². The highest BCUT2D eigenvalue weighted by atomic mass is 35.5. The summed E-state index contributed by atoms with van der Waals surface area (Å²) in [7, 11) is 1.54. The van der Waals surface area contributed by atoms with Crippen molar-refractivity contribution in [3.63, 3.8) is 0 Å². The van der Waals surface area contributed by atoms with Crippen LogP contribution in [0.5, 0.6) is 5.75 Å². The Kier molecular flexibility index (Phi) is 7.41. The third-order valence-electron chi connectivity index (χ3n) is 7.07. The SMILES string of the molecule is COc1cnc(Cl)cc1-c1cc(C)ncc1C(=O)Nc1nc2c(s1)CN(C(=O)C1CCC(CO)CC1)C2. The van der Waals surface area contributed by atoms with E-state index < -0.39 is 0 Å². The Morgan fingerprint density at radius 3 is 2.65 bits per heavy atom. The number of hydrogen-bond acceptors (Lipinski definition) is 8. The third kappa shape index (κ3) is 5.32. The van der Waals surface area contributed by atoms with Gasteiger partial charge in [0.1, 0.15) is 10.9 Å². The first kappa shape index (κ1) is 25.6. The molecule has 194 valence electrons. The first-order valence-electron chi connectivity index (χ1n) is 12.2. The number of ether oxygens (including phenoxy) is 1. The molecule has 37 heavy (non-hydrogen) atoms. The molecule has 0 spiro atoms. The minimum Gasteiger partial charge on any atom is -0.494 e. The molecule has 0 aromatic carbocycles. The molecule has 5 rings (SSSR count). The summed E-state index contributed by atoms with van der Waals surface area (Å²) in [4.78, 5) is 42.2. The topological polar surface area (TPSA) is 118 Å². The van der Waals surface area contributed by atoms with E-state index in [0.717, 1.165) is 41.9 Å². The van der Waals surface area contributed by atoms with Gasteiger partial charge in [0, 0.05) is 35.5 Å². The third-order valence-corrected chi connectivity index (χ3v) is 8.27. The fourth-order valence-corrected chi connectivity index (χ4v) is 6.16. The Balaban J connectivity index is 1.30. The molecule has 2 amide bonds. The average Bonchev–Trinajstić information content (AvgIpc) is 3.47. The number of halogens is 1. The van der Waals surface area contributed by atoms with Gasteiger partial charge < -0.3 is 14.7 Å². The highest BCUT2D eigenvalue weighted by molar-refractivity contribution is 7.16. The van der Waals surface area contributed by atoms with Crippen LogP contribution >= 0.6 is 22.9 Å². The normalized spacial score (nSPS) is 19.0. The number of aromatic nitrogens is 3. The number of methoxy groups -OCH3 is 1. The predicted octanol–water partition coefficient (Wildman–Crippen LogP) is 4.46. The zero-order chi connectivity index (χ0) is 26.1. The van der Waals surface area contributed by atoms with Gasteiger partial charge in [-0.2, -0.15) is 0 Å². The lowest BCUT2D eigenvalue weighted by molar-refractivity contribution is -0.137. The molecule has 9 nitrogen and oxygen atoms in total. The van der Waals surface area contributed by atoms with E-state index in [4.69, 9.17) is 16.3 Å². The molecule has 1 fully saturated rings. The zero-order valence-electron chi connectivity index (χ0n) is 20.7. The second-order valence-electron chi connectivity index (χ2n) is 9.52. The number of aryl methyl sites for hydroxylation is 1. The summed E-state index contributed by atoms with van der Waals surface area (Å²) in [5, 5.41) is 13.0. The van der Waals surface area contributed by atoms with Gasteiger partial charge in [0.25, 0.3) is 5.91 Å². The number of amides is 2. The van der Waals surface area contributed by atoms with Crippen molar-refractivity contribution in [1.82, 2.24) is 19.9 Å². The lowest BCUT2D eigenvalue weighted by Gasteiger charge is -2.29. The van der Waals surface area contributed by atoms with Crippen LogP contribution in [-0.2, 0) is 17.9 Å². The van der Waals surface area contributed by atoms with Crippen LogP contribution in [0.2, 0.25) is 5.15 Å². The fraction of sp³-hybridized carbons (Fsp3) is 0.423. The second kappa shape index (κ2) is 10.7. The molecule has 1 aliphatic heterocycles. The van der Waals surface area contributed by atoms with Gasteiger partial charge in [-0.3, -0.25) is 19.9 Å². The predicted molar refractivity (Wildman–Crippen MR) is 141 cm³/mol. The standard InChI is InChI=1S/C26H28ClN5O4S/c1-14-7-17(18-8-23(27)29-10-21(18)36-2)19(9-28-14)24(34)31-26-30-20-11-32(12-22(20)37-26)25(35)16-5-3-15(13-33)4-6-16/h7-10,15-16,33H,3-6,11-13H2,1-2H3,(H,30,31,34). The molecule has 0 saturated heterocycles. The molecule has 11 heteroatoms.